The van der Waals surface area contributed by atoms with E-state index in [4.69, 9.17) is 9.31 Å². The second kappa shape index (κ2) is 7.73. The molecule has 0 amide bonds. The minimum absolute atomic E-state index is 0.0868. The Labute approximate surface area is 107 Å². The molecule has 1 unspecified atom stereocenters. The molecule has 2 nitrogen and oxygen atoms in total. The Kier molecular flexibility index (Phi) is 7.48. The Morgan fingerprint density at radius 2 is 1.94 bits per heavy atom. The molecule has 17 heavy (non-hydrogen) atoms. The lowest BCUT2D eigenvalue weighted by Gasteiger charge is -2.37. The van der Waals surface area contributed by atoms with Crippen LogP contribution in [0.1, 0.15) is 54.9 Å². The Hall–Kier alpha value is -0.535. The van der Waals surface area contributed by atoms with Gasteiger partial charge in [0.05, 0.1) is 5.60 Å². The maximum atomic E-state index is 5.80. The highest BCUT2D eigenvalue weighted by molar-refractivity contribution is 6.51. The molecular weight excluding hydrogens is 211 g/mol. The van der Waals surface area contributed by atoms with Crippen LogP contribution in [0.25, 0.3) is 0 Å². The van der Waals surface area contributed by atoms with Gasteiger partial charge in [0.25, 0.3) is 0 Å². The van der Waals surface area contributed by atoms with Crippen LogP contribution in [0.2, 0.25) is 0 Å². The molecule has 0 bridgehead atoms. The van der Waals surface area contributed by atoms with Crippen molar-refractivity contribution in [3.8, 4) is 0 Å². The molecule has 98 valence electrons. The molecule has 1 aliphatic rings. The summed E-state index contributed by atoms with van der Waals surface area (Å²) >= 11 is 0. The Balaban J connectivity index is 0.00000121. The van der Waals surface area contributed by atoms with Crippen molar-refractivity contribution in [2.45, 2.75) is 66.6 Å². The van der Waals surface area contributed by atoms with Crippen molar-refractivity contribution in [3.63, 3.8) is 0 Å². The lowest BCUT2D eigenvalue weighted by Crippen LogP contribution is -2.45. The predicted molar refractivity (Wildman–Crippen MR) is 76.0 cm³/mol. The van der Waals surface area contributed by atoms with Gasteiger partial charge in [0, 0.05) is 6.10 Å². The van der Waals surface area contributed by atoms with Crippen molar-refractivity contribution in [2.24, 2.45) is 0 Å². The van der Waals surface area contributed by atoms with Gasteiger partial charge in [0.2, 0.25) is 0 Å². The van der Waals surface area contributed by atoms with Gasteiger partial charge in [-0.3, -0.25) is 0 Å². The summed E-state index contributed by atoms with van der Waals surface area (Å²) < 4.78 is 11.5. The third-order valence-electron chi connectivity index (χ3n) is 2.55. The Morgan fingerprint density at radius 3 is 2.41 bits per heavy atom. The normalized spacial score (nSPS) is 24.5. The maximum absolute atomic E-state index is 5.80. The summed E-state index contributed by atoms with van der Waals surface area (Å²) in [6.45, 7) is 14.4. The SMILES string of the molecule is C/C=C(C)/C=C/B1OC(C)CC(C)(C)O1.CC. The first-order valence-corrected chi connectivity index (χ1v) is 6.57. The van der Waals surface area contributed by atoms with E-state index < -0.39 is 0 Å². The molecule has 0 aliphatic carbocycles. The van der Waals surface area contributed by atoms with Crippen LogP contribution in [-0.2, 0) is 9.31 Å². The average molecular weight is 238 g/mol. The highest BCUT2D eigenvalue weighted by Gasteiger charge is 2.35. The second-order valence-electron chi connectivity index (χ2n) is 4.79. The third kappa shape index (κ3) is 6.69. The zero-order chi connectivity index (χ0) is 13.5. The van der Waals surface area contributed by atoms with Crippen molar-refractivity contribution in [1.29, 1.82) is 0 Å². The van der Waals surface area contributed by atoms with Gasteiger partial charge in [-0.05, 0) is 41.0 Å². The lowest BCUT2D eigenvalue weighted by atomic mass is 9.82. The summed E-state index contributed by atoms with van der Waals surface area (Å²) in [5.74, 6) is 1.98. The number of allylic oxidation sites excluding steroid dienone is 3. The highest BCUT2D eigenvalue weighted by atomic mass is 16.6. The monoisotopic (exact) mass is 238 g/mol. The molecule has 0 aromatic rings. The van der Waals surface area contributed by atoms with E-state index in [2.05, 4.69) is 33.8 Å². The summed E-state index contributed by atoms with van der Waals surface area (Å²) in [6.07, 6.45) is 5.31. The summed E-state index contributed by atoms with van der Waals surface area (Å²) in [6, 6.07) is 0. The highest BCUT2D eigenvalue weighted by Crippen LogP contribution is 2.26. The van der Waals surface area contributed by atoms with E-state index in [1.165, 1.54) is 5.57 Å². The first-order chi connectivity index (χ1) is 7.93. The van der Waals surface area contributed by atoms with Gasteiger partial charge < -0.3 is 9.31 Å². The van der Waals surface area contributed by atoms with E-state index >= 15 is 0 Å². The minimum atomic E-state index is -0.210. The van der Waals surface area contributed by atoms with E-state index in [1.807, 2.05) is 32.8 Å². The van der Waals surface area contributed by atoms with Crippen LogP contribution in [-0.4, -0.2) is 18.8 Å². The van der Waals surface area contributed by atoms with Crippen LogP contribution in [0.15, 0.2) is 23.7 Å². The molecule has 1 fully saturated rings. The molecule has 0 aromatic heterocycles. The van der Waals surface area contributed by atoms with Crippen molar-refractivity contribution in [2.75, 3.05) is 0 Å². The second-order valence-corrected chi connectivity index (χ2v) is 4.79. The fourth-order valence-electron chi connectivity index (χ4n) is 1.77. The van der Waals surface area contributed by atoms with Gasteiger partial charge in [-0.2, -0.15) is 0 Å². The summed E-state index contributed by atoms with van der Waals surface area (Å²) in [4.78, 5) is 0. The summed E-state index contributed by atoms with van der Waals surface area (Å²) in [7, 11) is -0.210. The molecule has 0 aromatic carbocycles. The molecule has 0 N–H and O–H groups in total. The van der Waals surface area contributed by atoms with E-state index in [-0.39, 0.29) is 18.8 Å². The largest absolute Gasteiger partial charge is 0.486 e. The first-order valence-electron chi connectivity index (χ1n) is 6.57. The molecule has 3 heteroatoms. The van der Waals surface area contributed by atoms with E-state index in [1.54, 1.807) is 0 Å². The molecule has 1 aliphatic heterocycles. The fraction of sp³-hybridized carbons (Fsp3) is 0.714. The third-order valence-corrected chi connectivity index (χ3v) is 2.55. The van der Waals surface area contributed by atoms with Gasteiger partial charge in [0.1, 0.15) is 0 Å². The predicted octanol–water partition coefficient (Wildman–Crippen LogP) is 4.17. The zero-order valence-electron chi connectivity index (χ0n) is 12.4. The number of hydrogen-bond donors (Lipinski definition) is 0. The van der Waals surface area contributed by atoms with Crippen LogP contribution in [0, 0.1) is 0 Å². The fourth-order valence-corrected chi connectivity index (χ4v) is 1.77. The summed E-state index contributed by atoms with van der Waals surface area (Å²) in [5, 5.41) is 0. The van der Waals surface area contributed by atoms with Crippen molar-refractivity contribution < 1.29 is 9.31 Å². The van der Waals surface area contributed by atoms with E-state index in [0.29, 0.717) is 0 Å². The molecule has 1 heterocycles. The average Bonchev–Trinajstić information content (AvgIpc) is 2.26. The van der Waals surface area contributed by atoms with E-state index in [0.717, 1.165) is 6.42 Å². The standard InChI is InChI=1S/C12H21BO2.C2H6/c1-6-10(2)7-8-13-14-11(3)9-12(4,5)15-13;1-2/h6-8,11H,9H2,1-5H3;1-2H3/b8-7+,10-6+;. The molecule has 1 saturated heterocycles. The Morgan fingerprint density at radius 1 is 1.35 bits per heavy atom. The molecular formula is C14H27BO2. The number of hydrogen-bond acceptors (Lipinski definition) is 2. The minimum Gasteiger partial charge on any atom is -0.405 e. The quantitative estimate of drug-likeness (QED) is 0.531. The lowest BCUT2D eigenvalue weighted by molar-refractivity contribution is -0.0236. The topological polar surface area (TPSA) is 18.5 Å². The maximum Gasteiger partial charge on any atom is 0.486 e. The number of rotatable bonds is 2. The van der Waals surface area contributed by atoms with Crippen molar-refractivity contribution in [1.82, 2.24) is 0 Å². The molecule has 1 rings (SSSR count). The van der Waals surface area contributed by atoms with Crippen molar-refractivity contribution >= 4 is 7.12 Å². The van der Waals surface area contributed by atoms with Crippen molar-refractivity contribution in [3.05, 3.63) is 23.7 Å². The van der Waals surface area contributed by atoms with Crippen LogP contribution < -0.4 is 0 Å². The smallest absolute Gasteiger partial charge is 0.405 e. The molecule has 1 atom stereocenters. The zero-order valence-corrected chi connectivity index (χ0v) is 12.4. The Bertz CT molecular complexity index is 269. The van der Waals surface area contributed by atoms with Crippen LogP contribution in [0.5, 0.6) is 0 Å². The molecule has 0 saturated carbocycles. The van der Waals surface area contributed by atoms with Gasteiger partial charge in [-0.1, -0.05) is 37.5 Å². The van der Waals surface area contributed by atoms with Gasteiger partial charge >= 0.3 is 7.12 Å². The summed E-state index contributed by atoms with van der Waals surface area (Å²) in [5.41, 5.74) is 1.13. The van der Waals surface area contributed by atoms with E-state index in [9.17, 15) is 0 Å². The van der Waals surface area contributed by atoms with Gasteiger partial charge in [-0.15, -0.1) is 0 Å². The first kappa shape index (κ1) is 16.5. The molecule has 0 spiro atoms. The van der Waals surface area contributed by atoms with Crippen LogP contribution in [0.3, 0.4) is 0 Å². The molecule has 0 radical (unpaired) electrons. The van der Waals surface area contributed by atoms with Crippen LogP contribution in [0.4, 0.5) is 0 Å². The van der Waals surface area contributed by atoms with Gasteiger partial charge in [-0.25, -0.2) is 0 Å². The van der Waals surface area contributed by atoms with Gasteiger partial charge in [0.15, 0.2) is 0 Å². The van der Waals surface area contributed by atoms with Crippen LogP contribution >= 0.6 is 0 Å².